The van der Waals surface area contributed by atoms with Gasteiger partial charge in [-0.1, -0.05) is 44.2 Å². The summed E-state index contributed by atoms with van der Waals surface area (Å²) in [5.74, 6) is -0.158. The van der Waals surface area contributed by atoms with E-state index in [1.165, 1.54) is 4.31 Å². The molecule has 1 amide bonds. The molecule has 0 radical (unpaired) electrons. The minimum absolute atomic E-state index is 0.158. The van der Waals surface area contributed by atoms with Gasteiger partial charge in [-0.15, -0.1) is 0 Å². The highest BCUT2D eigenvalue weighted by Gasteiger charge is 2.22. The first-order valence-electron chi connectivity index (χ1n) is 9.74. The van der Waals surface area contributed by atoms with Gasteiger partial charge in [-0.25, -0.2) is 8.42 Å². The Morgan fingerprint density at radius 1 is 1.07 bits per heavy atom. The molecule has 1 aromatic heterocycles. The van der Waals surface area contributed by atoms with Gasteiger partial charge in [0.1, 0.15) is 0 Å². The van der Waals surface area contributed by atoms with Gasteiger partial charge in [0, 0.05) is 37.2 Å². The number of sulfonamides is 1. The lowest BCUT2D eigenvalue weighted by Gasteiger charge is -2.19. The lowest BCUT2D eigenvalue weighted by Crippen LogP contribution is -2.30. The Kier molecular flexibility index (Phi) is 6.10. The average molecular weight is 414 g/mol. The fourth-order valence-electron chi connectivity index (χ4n) is 3.52. The van der Waals surface area contributed by atoms with E-state index in [2.05, 4.69) is 5.32 Å². The molecular formula is C22H27N3O3S. The second-order valence-corrected chi connectivity index (χ2v) is 8.96. The largest absolute Gasteiger partial charge is 0.350 e. The monoisotopic (exact) mass is 413 g/mol. The number of benzene rings is 2. The van der Waals surface area contributed by atoms with Crippen LogP contribution in [0.3, 0.4) is 0 Å². The fraction of sp³-hybridized carbons (Fsp3) is 0.318. The number of carbonyl (C=O) groups excluding carboxylic acids is 1. The van der Waals surface area contributed by atoms with Crippen LogP contribution in [0.15, 0.2) is 59.6 Å². The zero-order chi connectivity index (χ0) is 21.2. The molecule has 0 saturated heterocycles. The number of aryl methyl sites for hydroxylation is 1. The first-order chi connectivity index (χ1) is 13.8. The molecule has 29 heavy (non-hydrogen) atoms. The maximum absolute atomic E-state index is 12.8. The third kappa shape index (κ3) is 4.06. The van der Waals surface area contributed by atoms with Crippen molar-refractivity contribution < 1.29 is 13.2 Å². The van der Waals surface area contributed by atoms with Crippen LogP contribution in [0.2, 0.25) is 0 Å². The van der Waals surface area contributed by atoms with E-state index in [0.717, 1.165) is 16.5 Å². The van der Waals surface area contributed by atoms with Crippen molar-refractivity contribution >= 4 is 26.8 Å². The molecule has 1 N–H and O–H groups in total. The van der Waals surface area contributed by atoms with Gasteiger partial charge in [0.2, 0.25) is 10.0 Å². The second-order valence-electron chi connectivity index (χ2n) is 7.02. The summed E-state index contributed by atoms with van der Waals surface area (Å²) >= 11 is 0. The number of rotatable bonds is 7. The second kappa shape index (κ2) is 8.39. The Labute approximate surface area is 172 Å². The Bertz CT molecular complexity index is 1110. The minimum atomic E-state index is -3.49. The van der Waals surface area contributed by atoms with Crippen LogP contribution in [0, 0.1) is 0 Å². The number of hydrogen-bond acceptors (Lipinski definition) is 3. The molecule has 0 saturated carbocycles. The molecule has 154 valence electrons. The summed E-state index contributed by atoms with van der Waals surface area (Å²) in [5, 5.41) is 3.91. The van der Waals surface area contributed by atoms with E-state index in [9.17, 15) is 13.2 Å². The topological polar surface area (TPSA) is 71.4 Å². The van der Waals surface area contributed by atoms with Crippen molar-refractivity contribution in [3.05, 3.63) is 65.9 Å². The van der Waals surface area contributed by atoms with E-state index < -0.39 is 10.0 Å². The lowest BCUT2D eigenvalue weighted by atomic mass is 10.1. The summed E-state index contributed by atoms with van der Waals surface area (Å²) in [7, 11) is -1.57. The molecule has 0 fully saturated rings. The van der Waals surface area contributed by atoms with E-state index in [1.54, 1.807) is 24.3 Å². The summed E-state index contributed by atoms with van der Waals surface area (Å²) in [5.41, 5.74) is 2.46. The van der Waals surface area contributed by atoms with Crippen molar-refractivity contribution in [3.8, 4) is 0 Å². The number of aromatic nitrogens is 1. The SMILES string of the molecule is CCN(CC)S(=O)(=O)c1ccc([C@H](C)NC(=O)c2cn(C)c3ccccc23)cc1. The Balaban J connectivity index is 1.79. The van der Waals surface area contributed by atoms with E-state index in [4.69, 9.17) is 0 Å². The highest BCUT2D eigenvalue weighted by atomic mass is 32.2. The smallest absolute Gasteiger partial charge is 0.253 e. The number of carbonyl (C=O) groups is 1. The van der Waals surface area contributed by atoms with Gasteiger partial charge in [0.05, 0.1) is 16.5 Å². The Morgan fingerprint density at radius 3 is 2.31 bits per heavy atom. The van der Waals surface area contributed by atoms with Gasteiger partial charge in [0.25, 0.3) is 5.91 Å². The predicted molar refractivity (Wildman–Crippen MR) is 115 cm³/mol. The van der Waals surface area contributed by atoms with Crippen molar-refractivity contribution in [2.75, 3.05) is 13.1 Å². The molecule has 0 aliphatic carbocycles. The first-order valence-corrected chi connectivity index (χ1v) is 11.2. The maximum atomic E-state index is 12.8. The standard InChI is InChI=1S/C22H27N3O3S/c1-5-25(6-2)29(27,28)18-13-11-17(12-14-18)16(3)23-22(26)20-15-24(4)21-10-8-7-9-19(20)21/h7-16H,5-6H2,1-4H3,(H,23,26)/t16-/m0/s1. The molecule has 2 aromatic carbocycles. The average Bonchev–Trinajstić information content (AvgIpc) is 3.06. The quantitative estimate of drug-likeness (QED) is 0.642. The Morgan fingerprint density at radius 2 is 1.69 bits per heavy atom. The number of nitrogens with one attached hydrogen (secondary N) is 1. The van der Waals surface area contributed by atoms with Gasteiger partial charge in [0.15, 0.2) is 0 Å². The third-order valence-electron chi connectivity index (χ3n) is 5.21. The molecule has 1 heterocycles. The molecule has 0 aliphatic rings. The van der Waals surface area contributed by atoms with E-state index in [-0.39, 0.29) is 16.8 Å². The number of hydrogen-bond donors (Lipinski definition) is 1. The molecular weight excluding hydrogens is 386 g/mol. The number of amides is 1. The fourth-order valence-corrected chi connectivity index (χ4v) is 4.98. The molecule has 0 aliphatic heterocycles. The van der Waals surface area contributed by atoms with Crippen molar-refractivity contribution in [2.24, 2.45) is 7.05 Å². The van der Waals surface area contributed by atoms with Crippen LogP contribution in [0.5, 0.6) is 0 Å². The molecule has 7 heteroatoms. The highest BCUT2D eigenvalue weighted by Crippen LogP contribution is 2.23. The summed E-state index contributed by atoms with van der Waals surface area (Å²) < 4.78 is 28.6. The summed E-state index contributed by atoms with van der Waals surface area (Å²) in [6.45, 7) is 6.38. The van der Waals surface area contributed by atoms with Crippen molar-refractivity contribution in [1.82, 2.24) is 14.2 Å². The lowest BCUT2D eigenvalue weighted by molar-refractivity contribution is 0.0941. The van der Waals surface area contributed by atoms with Crippen LogP contribution in [-0.2, 0) is 17.1 Å². The summed E-state index contributed by atoms with van der Waals surface area (Å²) in [6.07, 6.45) is 1.83. The number of fused-ring (bicyclic) bond motifs is 1. The predicted octanol–water partition coefficient (Wildman–Crippen LogP) is 3.70. The van der Waals surface area contributed by atoms with Crippen LogP contribution in [0.4, 0.5) is 0 Å². The van der Waals surface area contributed by atoms with Gasteiger partial charge < -0.3 is 9.88 Å². The van der Waals surface area contributed by atoms with Gasteiger partial charge in [-0.3, -0.25) is 4.79 Å². The zero-order valence-electron chi connectivity index (χ0n) is 17.2. The maximum Gasteiger partial charge on any atom is 0.253 e. The molecule has 0 bridgehead atoms. The van der Waals surface area contributed by atoms with Crippen molar-refractivity contribution in [3.63, 3.8) is 0 Å². The molecule has 1 atom stereocenters. The molecule has 3 rings (SSSR count). The number of nitrogens with zero attached hydrogens (tertiary/aromatic N) is 2. The first kappa shape index (κ1) is 21.1. The summed E-state index contributed by atoms with van der Waals surface area (Å²) in [4.78, 5) is 13.1. The minimum Gasteiger partial charge on any atom is -0.350 e. The highest BCUT2D eigenvalue weighted by molar-refractivity contribution is 7.89. The zero-order valence-corrected chi connectivity index (χ0v) is 18.0. The van der Waals surface area contributed by atoms with E-state index >= 15 is 0 Å². The third-order valence-corrected chi connectivity index (χ3v) is 7.28. The van der Waals surface area contributed by atoms with Gasteiger partial charge >= 0.3 is 0 Å². The van der Waals surface area contributed by atoms with Crippen LogP contribution in [0.1, 0.15) is 42.7 Å². The molecule has 0 unspecified atom stereocenters. The Hall–Kier alpha value is -2.64. The van der Waals surface area contributed by atoms with Gasteiger partial charge in [-0.05, 0) is 30.7 Å². The summed E-state index contributed by atoms with van der Waals surface area (Å²) in [6, 6.07) is 14.2. The normalized spacial score (nSPS) is 13.0. The van der Waals surface area contributed by atoms with E-state index in [0.29, 0.717) is 18.7 Å². The molecule has 3 aromatic rings. The van der Waals surface area contributed by atoms with Crippen molar-refractivity contribution in [1.29, 1.82) is 0 Å². The van der Waals surface area contributed by atoms with Crippen LogP contribution in [-0.4, -0.2) is 36.3 Å². The van der Waals surface area contributed by atoms with Crippen molar-refractivity contribution in [2.45, 2.75) is 31.7 Å². The van der Waals surface area contributed by atoms with E-state index in [1.807, 2.05) is 62.8 Å². The molecule has 6 nitrogen and oxygen atoms in total. The molecule has 0 spiro atoms. The van der Waals surface area contributed by atoms with Crippen LogP contribution in [0.25, 0.3) is 10.9 Å². The van der Waals surface area contributed by atoms with Crippen LogP contribution < -0.4 is 5.32 Å². The number of para-hydroxylation sites is 1. The van der Waals surface area contributed by atoms with Gasteiger partial charge in [-0.2, -0.15) is 4.31 Å². The van der Waals surface area contributed by atoms with Crippen LogP contribution >= 0.6 is 0 Å².